The number of aryl methyl sites for hydroxylation is 6. The van der Waals surface area contributed by atoms with E-state index in [9.17, 15) is 19.2 Å². The zero-order valence-electron chi connectivity index (χ0n) is 31.2. The number of carboxylic acids is 2. The zero-order chi connectivity index (χ0) is 38.2. The molecule has 0 aromatic heterocycles. The first-order chi connectivity index (χ1) is 23.9. The van der Waals surface area contributed by atoms with Gasteiger partial charge in [0.2, 0.25) is 0 Å². The highest BCUT2D eigenvalue weighted by Gasteiger charge is 2.11. The van der Waals surface area contributed by atoms with E-state index in [1.165, 1.54) is 5.57 Å². The molecule has 0 radical (unpaired) electrons. The van der Waals surface area contributed by atoms with Crippen LogP contribution in [0.4, 0.5) is 0 Å². The van der Waals surface area contributed by atoms with Crippen LogP contribution < -0.4 is 0 Å². The van der Waals surface area contributed by atoms with Crippen molar-refractivity contribution in [1.82, 2.24) is 0 Å². The van der Waals surface area contributed by atoms with Gasteiger partial charge in [0.05, 0.1) is 16.7 Å². The number of aromatic carboxylic acids is 2. The quantitative estimate of drug-likeness (QED) is 0.193. The van der Waals surface area contributed by atoms with Crippen molar-refractivity contribution in [2.75, 3.05) is 0 Å². The highest BCUT2D eigenvalue weighted by Crippen LogP contribution is 2.22. The predicted molar refractivity (Wildman–Crippen MR) is 204 cm³/mol. The van der Waals surface area contributed by atoms with Crippen LogP contribution in [0.25, 0.3) is 0 Å². The molecule has 0 aliphatic heterocycles. The molecule has 1 atom stereocenters. The molecule has 51 heavy (non-hydrogen) atoms. The van der Waals surface area contributed by atoms with Gasteiger partial charge in [-0.2, -0.15) is 0 Å². The van der Waals surface area contributed by atoms with Gasteiger partial charge >= 0.3 is 17.9 Å². The van der Waals surface area contributed by atoms with E-state index in [-0.39, 0.29) is 11.8 Å². The second-order valence-corrected chi connectivity index (χ2v) is 13.2. The third-order valence-electron chi connectivity index (χ3n) is 7.52. The summed E-state index contributed by atoms with van der Waals surface area (Å²) in [6.45, 7) is 17.6. The number of ether oxygens (including phenoxy) is 1. The molecule has 5 rings (SSSR count). The molecule has 7 nitrogen and oxygen atoms in total. The molecule has 0 amide bonds. The summed E-state index contributed by atoms with van der Waals surface area (Å²) in [5.74, 6) is -1.30. The van der Waals surface area contributed by atoms with E-state index in [1.807, 2.05) is 108 Å². The topological polar surface area (TPSA) is 118 Å². The molecule has 4 aromatic carbocycles. The van der Waals surface area contributed by atoms with Crippen LogP contribution >= 0.6 is 0 Å². The standard InChI is InChI=1S/C16H16O2.C10H14O.2C9H10O2/c1-12-8-13(2)10-15(9-12)16(17)18-11-14-6-4-3-5-7-14;1-7-4-8(2)6-10(5-7)9(3)11;2*1-6-3-7(2)5-8(4-6)9(10)11/h3-10H,11H2,1-2H3;5-7H,4H2,1-3H3;2*3-5H,1-2H3,(H,10,11). The van der Waals surface area contributed by atoms with Crippen LogP contribution in [0.3, 0.4) is 0 Å². The maximum atomic E-state index is 11.9. The van der Waals surface area contributed by atoms with Crippen LogP contribution in [0.5, 0.6) is 0 Å². The molecule has 0 saturated heterocycles. The molecule has 268 valence electrons. The second-order valence-electron chi connectivity index (χ2n) is 13.2. The minimum atomic E-state index is -0.864. The lowest BCUT2D eigenvalue weighted by Gasteiger charge is -2.14. The van der Waals surface area contributed by atoms with E-state index in [2.05, 4.69) is 19.9 Å². The highest BCUT2D eigenvalue weighted by atomic mass is 16.5. The van der Waals surface area contributed by atoms with Gasteiger partial charge in [-0.25, -0.2) is 14.4 Å². The number of benzene rings is 4. The Balaban J connectivity index is 0.000000243. The van der Waals surface area contributed by atoms with E-state index in [0.29, 0.717) is 29.2 Å². The summed E-state index contributed by atoms with van der Waals surface area (Å²) in [6, 6.07) is 26.0. The number of carbonyl (C=O) groups excluding carboxylic acids is 2. The van der Waals surface area contributed by atoms with Crippen molar-refractivity contribution in [2.24, 2.45) is 5.92 Å². The largest absolute Gasteiger partial charge is 0.478 e. The average molecular weight is 691 g/mol. The average Bonchev–Trinajstić information content (AvgIpc) is 3.03. The first-order valence-electron chi connectivity index (χ1n) is 16.8. The summed E-state index contributed by atoms with van der Waals surface area (Å²) >= 11 is 0. The number of Topliss-reactive ketones (excluding diaryl/α,β-unsaturated/α-hetero) is 1. The summed E-state index contributed by atoms with van der Waals surface area (Å²) in [5, 5.41) is 17.3. The minimum Gasteiger partial charge on any atom is -0.478 e. The van der Waals surface area contributed by atoms with E-state index < -0.39 is 11.9 Å². The first kappa shape index (κ1) is 41.6. The van der Waals surface area contributed by atoms with Crippen molar-refractivity contribution in [3.05, 3.63) is 164 Å². The molecule has 0 saturated carbocycles. The smallest absolute Gasteiger partial charge is 0.338 e. The molecule has 1 aliphatic rings. The third-order valence-corrected chi connectivity index (χ3v) is 7.52. The van der Waals surface area contributed by atoms with Gasteiger partial charge in [0.25, 0.3) is 0 Å². The fourth-order valence-corrected chi connectivity index (χ4v) is 5.56. The summed E-state index contributed by atoms with van der Waals surface area (Å²) < 4.78 is 5.29. The van der Waals surface area contributed by atoms with E-state index >= 15 is 0 Å². The van der Waals surface area contributed by atoms with Crippen LogP contribution in [-0.2, 0) is 16.1 Å². The lowest BCUT2D eigenvalue weighted by molar-refractivity contribution is -0.113. The number of ketones is 1. The van der Waals surface area contributed by atoms with E-state index in [0.717, 1.165) is 50.9 Å². The van der Waals surface area contributed by atoms with Crippen molar-refractivity contribution in [2.45, 2.75) is 75.3 Å². The van der Waals surface area contributed by atoms with Gasteiger partial charge < -0.3 is 14.9 Å². The minimum absolute atomic E-state index is 0.177. The molecule has 0 heterocycles. The summed E-state index contributed by atoms with van der Waals surface area (Å²) in [5.41, 5.74) is 10.6. The number of hydrogen-bond acceptors (Lipinski definition) is 5. The van der Waals surface area contributed by atoms with Crippen molar-refractivity contribution < 1.29 is 34.1 Å². The number of esters is 1. The number of carboxylic acid groups (broad SMARTS) is 2. The zero-order valence-corrected chi connectivity index (χ0v) is 31.2. The Hall–Kier alpha value is -5.56. The lowest BCUT2D eigenvalue weighted by Crippen LogP contribution is -2.05. The van der Waals surface area contributed by atoms with Crippen molar-refractivity contribution in [3.8, 4) is 0 Å². The molecule has 7 heteroatoms. The van der Waals surface area contributed by atoms with Crippen LogP contribution in [0.15, 0.2) is 108 Å². The van der Waals surface area contributed by atoms with Crippen molar-refractivity contribution in [1.29, 1.82) is 0 Å². The van der Waals surface area contributed by atoms with Crippen molar-refractivity contribution in [3.63, 3.8) is 0 Å². The Bertz CT molecular complexity index is 1780. The van der Waals surface area contributed by atoms with Gasteiger partial charge in [0.15, 0.2) is 5.78 Å². The molecule has 0 spiro atoms. The number of rotatable bonds is 6. The number of hydrogen-bond donors (Lipinski definition) is 2. The van der Waals surface area contributed by atoms with Gasteiger partial charge in [-0.05, 0) is 110 Å². The maximum Gasteiger partial charge on any atom is 0.338 e. The van der Waals surface area contributed by atoms with E-state index in [1.54, 1.807) is 31.2 Å². The maximum absolute atomic E-state index is 11.9. The van der Waals surface area contributed by atoms with Crippen LogP contribution in [0, 0.1) is 47.5 Å². The van der Waals surface area contributed by atoms with Gasteiger partial charge in [0.1, 0.15) is 6.61 Å². The van der Waals surface area contributed by atoms with Crippen LogP contribution in [0.2, 0.25) is 0 Å². The van der Waals surface area contributed by atoms with Gasteiger partial charge in [0, 0.05) is 5.57 Å². The summed E-state index contributed by atoms with van der Waals surface area (Å²) in [6.07, 6.45) is 5.13. The van der Waals surface area contributed by atoms with Crippen LogP contribution in [-0.4, -0.2) is 33.9 Å². The summed E-state index contributed by atoms with van der Waals surface area (Å²) in [7, 11) is 0. The van der Waals surface area contributed by atoms with Gasteiger partial charge in [-0.1, -0.05) is 107 Å². The number of carbonyl (C=O) groups is 4. The van der Waals surface area contributed by atoms with Gasteiger partial charge in [-0.3, -0.25) is 4.79 Å². The molecule has 4 aromatic rings. The lowest BCUT2D eigenvalue weighted by atomic mass is 9.91. The van der Waals surface area contributed by atoms with E-state index in [4.69, 9.17) is 14.9 Å². The first-order valence-corrected chi connectivity index (χ1v) is 16.8. The predicted octanol–water partition coefficient (Wildman–Crippen LogP) is 10.2. The molecule has 0 fully saturated rings. The fourth-order valence-electron chi connectivity index (χ4n) is 5.56. The second kappa shape index (κ2) is 20.2. The SMILES string of the molecule is CC(=O)C1=CC(C)CC(C)=C1.Cc1cc(C)cc(C(=O)O)c1.Cc1cc(C)cc(C(=O)O)c1.Cc1cc(C)cc(C(=O)OCc2ccccc2)c1. The Morgan fingerprint density at radius 3 is 1.37 bits per heavy atom. The summed E-state index contributed by atoms with van der Waals surface area (Å²) in [4.78, 5) is 43.9. The molecule has 1 aliphatic carbocycles. The Morgan fingerprint density at radius 2 is 1.02 bits per heavy atom. The molecule has 1 unspecified atom stereocenters. The normalized spacial score (nSPS) is 12.9. The monoisotopic (exact) mass is 690 g/mol. The third kappa shape index (κ3) is 15.7. The fraction of sp³-hybridized carbons (Fsp3) is 0.273. The Kier molecular flexibility index (Phi) is 16.5. The molecule has 0 bridgehead atoms. The highest BCUT2D eigenvalue weighted by molar-refractivity contribution is 5.96. The van der Waals surface area contributed by atoms with Crippen LogP contribution in [0.1, 0.15) is 97.2 Å². The molecular formula is C44H50O7. The molecular weight excluding hydrogens is 640 g/mol. The Labute approximate surface area is 302 Å². The Morgan fingerprint density at radius 1 is 0.627 bits per heavy atom. The van der Waals surface area contributed by atoms with Crippen molar-refractivity contribution >= 4 is 23.7 Å². The van der Waals surface area contributed by atoms with Gasteiger partial charge in [-0.15, -0.1) is 0 Å². The number of allylic oxidation sites excluding steroid dienone is 4. The molecule has 2 N–H and O–H groups in total.